The first-order chi connectivity index (χ1) is 9.72. The predicted octanol–water partition coefficient (Wildman–Crippen LogP) is 2.83. The van der Waals surface area contributed by atoms with E-state index in [1.165, 1.54) is 4.88 Å². The fraction of sp³-hybridized carbons (Fsp3) is 0.357. The number of methoxy groups -OCH3 is 1. The molecule has 0 saturated heterocycles. The van der Waals surface area contributed by atoms with Gasteiger partial charge in [0.05, 0.1) is 7.11 Å². The standard InChI is InChI=1S/C14H16N2O3S/c1-8(15-2)12-6-16-14(20-12)9-4-10(17-3)13-11(5-9)18-7-19-13/h4-6,8,15H,7H2,1-3H3. The molecule has 0 aliphatic carbocycles. The van der Waals surface area contributed by atoms with Gasteiger partial charge in [-0.1, -0.05) is 0 Å². The van der Waals surface area contributed by atoms with E-state index in [4.69, 9.17) is 14.2 Å². The van der Waals surface area contributed by atoms with Crippen LogP contribution in [0, 0.1) is 0 Å². The number of hydrogen-bond donors (Lipinski definition) is 1. The summed E-state index contributed by atoms with van der Waals surface area (Å²) in [5, 5.41) is 4.15. The van der Waals surface area contributed by atoms with Gasteiger partial charge in [0.15, 0.2) is 11.5 Å². The molecule has 106 valence electrons. The molecular weight excluding hydrogens is 276 g/mol. The normalized spacial score (nSPS) is 14.3. The first-order valence-electron chi connectivity index (χ1n) is 6.34. The molecule has 1 aliphatic heterocycles. The van der Waals surface area contributed by atoms with Crippen LogP contribution in [0.2, 0.25) is 0 Å². The van der Waals surface area contributed by atoms with Gasteiger partial charge in [-0.3, -0.25) is 0 Å². The monoisotopic (exact) mass is 292 g/mol. The summed E-state index contributed by atoms with van der Waals surface area (Å²) in [6.45, 7) is 2.34. The van der Waals surface area contributed by atoms with E-state index in [1.54, 1.807) is 18.4 Å². The van der Waals surface area contributed by atoms with E-state index >= 15 is 0 Å². The average Bonchev–Trinajstić information content (AvgIpc) is 3.13. The second-order valence-corrected chi connectivity index (χ2v) is 5.55. The van der Waals surface area contributed by atoms with Gasteiger partial charge in [-0.25, -0.2) is 4.98 Å². The van der Waals surface area contributed by atoms with E-state index in [0.29, 0.717) is 17.2 Å². The lowest BCUT2D eigenvalue weighted by Gasteiger charge is -2.07. The van der Waals surface area contributed by atoms with Crippen LogP contribution >= 0.6 is 11.3 Å². The number of fused-ring (bicyclic) bond motifs is 1. The zero-order chi connectivity index (χ0) is 14.1. The van der Waals surface area contributed by atoms with Crippen molar-refractivity contribution < 1.29 is 14.2 Å². The van der Waals surface area contributed by atoms with Crippen molar-refractivity contribution in [2.45, 2.75) is 13.0 Å². The molecule has 1 aromatic heterocycles. The van der Waals surface area contributed by atoms with Crippen LogP contribution < -0.4 is 19.5 Å². The molecule has 1 N–H and O–H groups in total. The zero-order valence-corrected chi connectivity index (χ0v) is 12.4. The number of nitrogens with one attached hydrogen (secondary N) is 1. The van der Waals surface area contributed by atoms with Crippen molar-refractivity contribution in [2.24, 2.45) is 0 Å². The second-order valence-electron chi connectivity index (χ2n) is 4.49. The summed E-state index contributed by atoms with van der Waals surface area (Å²) in [5.74, 6) is 2.04. The summed E-state index contributed by atoms with van der Waals surface area (Å²) < 4.78 is 16.2. The van der Waals surface area contributed by atoms with Gasteiger partial charge in [0.2, 0.25) is 12.5 Å². The molecule has 1 aromatic carbocycles. The van der Waals surface area contributed by atoms with Crippen LogP contribution in [0.5, 0.6) is 17.2 Å². The topological polar surface area (TPSA) is 52.6 Å². The molecule has 0 fully saturated rings. The third-order valence-corrected chi connectivity index (χ3v) is 4.52. The molecule has 20 heavy (non-hydrogen) atoms. The third kappa shape index (κ3) is 2.21. The van der Waals surface area contributed by atoms with E-state index in [0.717, 1.165) is 10.6 Å². The molecule has 2 aromatic rings. The van der Waals surface area contributed by atoms with Crippen LogP contribution in [0.1, 0.15) is 17.8 Å². The van der Waals surface area contributed by atoms with Crippen LogP contribution in [0.3, 0.4) is 0 Å². The Balaban J connectivity index is 2.00. The maximum atomic E-state index is 5.44. The van der Waals surface area contributed by atoms with E-state index < -0.39 is 0 Å². The van der Waals surface area contributed by atoms with E-state index in [-0.39, 0.29) is 12.8 Å². The Bertz CT molecular complexity index is 627. The maximum absolute atomic E-state index is 5.44. The molecule has 2 heterocycles. The molecule has 0 saturated carbocycles. The highest BCUT2D eigenvalue weighted by atomic mass is 32.1. The molecule has 1 unspecified atom stereocenters. The number of aromatic nitrogens is 1. The number of ether oxygens (including phenoxy) is 3. The van der Waals surface area contributed by atoms with Crippen molar-refractivity contribution in [3.63, 3.8) is 0 Å². The van der Waals surface area contributed by atoms with Crippen molar-refractivity contribution in [2.75, 3.05) is 21.0 Å². The Morgan fingerprint density at radius 3 is 3.00 bits per heavy atom. The van der Waals surface area contributed by atoms with Gasteiger partial charge in [-0.05, 0) is 26.1 Å². The van der Waals surface area contributed by atoms with Crippen LogP contribution in [-0.4, -0.2) is 25.9 Å². The van der Waals surface area contributed by atoms with Crippen LogP contribution in [-0.2, 0) is 0 Å². The highest BCUT2D eigenvalue weighted by Gasteiger charge is 2.21. The quantitative estimate of drug-likeness (QED) is 0.939. The molecule has 6 heteroatoms. The number of hydrogen-bond acceptors (Lipinski definition) is 6. The van der Waals surface area contributed by atoms with Gasteiger partial charge in [-0.15, -0.1) is 11.3 Å². The fourth-order valence-corrected chi connectivity index (χ4v) is 2.98. The van der Waals surface area contributed by atoms with Crippen LogP contribution in [0.15, 0.2) is 18.3 Å². The highest BCUT2D eigenvalue weighted by molar-refractivity contribution is 7.15. The first kappa shape index (κ1) is 13.2. The minimum Gasteiger partial charge on any atom is -0.493 e. The minimum atomic E-state index is 0.231. The summed E-state index contributed by atoms with van der Waals surface area (Å²) in [6, 6.07) is 4.16. The van der Waals surface area contributed by atoms with Gasteiger partial charge < -0.3 is 19.5 Å². The Labute approximate surface area is 121 Å². The number of thiazole rings is 1. The SMILES string of the molecule is CNC(C)c1cnc(-c2cc(OC)c3c(c2)OCO3)s1. The summed E-state index contributed by atoms with van der Waals surface area (Å²) in [7, 11) is 3.56. The molecule has 1 atom stereocenters. The van der Waals surface area contributed by atoms with Crippen molar-refractivity contribution in [3.05, 3.63) is 23.2 Å². The lowest BCUT2D eigenvalue weighted by molar-refractivity contribution is 0.171. The number of nitrogens with zero attached hydrogens (tertiary/aromatic N) is 1. The van der Waals surface area contributed by atoms with Gasteiger partial charge in [-0.2, -0.15) is 0 Å². The van der Waals surface area contributed by atoms with Gasteiger partial charge >= 0.3 is 0 Å². The lowest BCUT2D eigenvalue weighted by Crippen LogP contribution is -2.10. The highest BCUT2D eigenvalue weighted by Crippen LogP contribution is 2.44. The maximum Gasteiger partial charge on any atom is 0.231 e. The summed E-state index contributed by atoms with van der Waals surface area (Å²) in [4.78, 5) is 5.68. The minimum absolute atomic E-state index is 0.231. The van der Waals surface area contributed by atoms with Gasteiger partial charge in [0, 0.05) is 22.7 Å². The van der Waals surface area contributed by atoms with Crippen molar-refractivity contribution in [1.29, 1.82) is 0 Å². The fourth-order valence-electron chi connectivity index (χ4n) is 2.02. The summed E-state index contributed by atoms with van der Waals surface area (Å²) >= 11 is 1.66. The molecule has 3 rings (SSSR count). The Morgan fingerprint density at radius 1 is 1.40 bits per heavy atom. The molecule has 1 aliphatic rings. The molecular formula is C14H16N2O3S. The number of benzene rings is 1. The second kappa shape index (κ2) is 5.30. The molecule has 0 radical (unpaired) electrons. The van der Waals surface area contributed by atoms with Crippen molar-refractivity contribution in [3.8, 4) is 27.8 Å². The van der Waals surface area contributed by atoms with E-state index in [9.17, 15) is 0 Å². The largest absolute Gasteiger partial charge is 0.493 e. The Kier molecular flexibility index (Phi) is 3.50. The van der Waals surface area contributed by atoms with Gasteiger partial charge in [0.25, 0.3) is 0 Å². The zero-order valence-electron chi connectivity index (χ0n) is 11.6. The summed E-state index contributed by atoms with van der Waals surface area (Å²) in [6.07, 6.45) is 1.90. The predicted molar refractivity (Wildman–Crippen MR) is 77.7 cm³/mol. The molecule has 0 bridgehead atoms. The van der Waals surface area contributed by atoms with Crippen LogP contribution in [0.4, 0.5) is 0 Å². The number of rotatable bonds is 4. The molecule has 5 nitrogen and oxygen atoms in total. The van der Waals surface area contributed by atoms with E-state index in [2.05, 4.69) is 17.2 Å². The lowest BCUT2D eigenvalue weighted by atomic mass is 10.2. The molecule has 0 spiro atoms. The average molecular weight is 292 g/mol. The smallest absolute Gasteiger partial charge is 0.231 e. The molecule has 0 amide bonds. The third-order valence-electron chi connectivity index (χ3n) is 3.29. The van der Waals surface area contributed by atoms with Gasteiger partial charge in [0.1, 0.15) is 5.01 Å². The Hall–Kier alpha value is -1.79. The first-order valence-corrected chi connectivity index (χ1v) is 7.15. The van der Waals surface area contributed by atoms with Crippen molar-refractivity contribution >= 4 is 11.3 Å². The van der Waals surface area contributed by atoms with Crippen LogP contribution in [0.25, 0.3) is 10.6 Å². The Morgan fingerprint density at radius 2 is 2.25 bits per heavy atom. The van der Waals surface area contributed by atoms with Crippen molar-refractivity contribution in [1.82, 2.24) is 10.3 Å². The van der Waals surface area contributed by atoms with E-state index in [1.807, 2.05) is 25.4 Å². The summed E-state index contributed by atoms with van der Waals surface area (Å²) in [5.41, 5.74) is 0.977.